The van der Waals surface area contributed by atoms with Crippen LogP contribution >= 0.6 is 0 Å². The Morgan fingerprint density at radius 3 is 1.92 bits per heavy atom. The predicted molar refractivity (Wildman–Crippen MR) is 59.5 cm³/mol. The van der Waals surface area contributed by atoms with Gasteiger partial charge in [-0.2, -0.15) is 0 Å². The highest BCUT2D eigenvalue weighted by molar-refractivity contribution is 4.74. The van der Waals surface area contributed by atoms with Crippen molar-refractivity contribution in [3.63, 3.8) is 0 Å². The zero-order valence-electron chi connectivity index (χ0n) is 9.02. The van der Waals surface area contributed by atoms with Crippen molar-refractivity contribution in [1.82, 2.24) is 5.73 Å². The minimum absolute atomic E-state index is 1.10. The zero-order chi connectivity index (χ0) is 9.78. The van der Waals surface area contributed by atoms with Crippen molar-refractivity contribution in [3.05, 3.63) is 12.3 Å². The average Bonchev–Trinajstić information content (AvgIpc) is 2.16. The van der Waals surface area contributed by atoms with E-state index in [9.17, 15) is 0 Å². The normalized spacial score (nSPS) is 11.2. The van der Waals surface area contributed by atoms with Crippen molar-refractivity contribution in [3.8, 4) is 0 Å². The SMILES string of the molecule is CCCCCCCCCC/C=C/[NH]. The van der Waals surface area contributed by atoms with Crippen molar-refractivity contribution in [1.29, 1.82) is 0 Å². The van der Waals surface area contributed by atoms with Crippen molar-refractivity contribution < 1.29 is 0 Å². The molecule has 0 amide bonds. The first-order valence-corrected chi connectivity index (χ1v) is 5.74. The van der Waals surface area contributed by atoms with E-state index in [2.05, 4.69) is 6.92 Å². The summed E-state index contributed by atoms with van der Waals surface area (Å²) in [5.74, 6) is 0. The first kappa shape index (κ1) is 12.5. The molecule has 0 fully saturated rings. The molecule has 1 N–H and O–H groups in total. The molecule has 1 heteroatoms. The smallest absolute Gasteiger partial charge is 0.0137 e. The van der Waals surface area contributed by atoms with Gasteiger partial charge in [-0.25, -0.2) is 0 Å². The van der Waals surface area contributed by atoms with E-state index in [1.807, 2.05) is 6.08 Å². The maximum Gasteiger partial charge on any atom is 0.0137 e. The number of hydrogen-bond donors (Lipinski definition) is 0. The first-order chi connectivity index (χ1) is 6.41. The largest absolute Gasteiger partial charge is 0.309 e. The fourth-order valence-corrected chi connectivity index (χ4v) is 1.48. The average molecular weight is 182 g/mol. The maximum atomic E-state index is 6.81. The van der Waals surface area contributed by atoms with Gasteiger partial charge in [0.1, 0.15) is 0 Å². The van der Waals surface area contributed by atoms with Gasteiger partial charge in [-0.15, -0.1) is 0 Å². The molecule has 0 aromatic carbocycles. The maximum absolute atomic E-state index is 6.81. The molecule has 1 nitrogen and oxygen atoms in total. The molecule has 0 saturated heterocycles. The summed E-state index contributed by atoms with van der Waals surface area (Å²) in [6.07, 6.45) is 15.4. The summed E-state index contributed by atoms with van der Waals surface area (Å²) >= 11 is 0. The molecule has 0 aromatic heterocycles. The van der Waals surface area contributed by atoms with Gasteiger partial charge in [-0.05, 0) is 12.8 Å². The van der Waals surface area contributed by atoms with Crippen LogP contribution in [0.3, 0.4) is 0 Å². The lowest BCUT2D eigenvalue weighted by Crippen LogP contribution is -1.79. The Bertz CT molecular complexity index is 108. The summed E-state index contributed by atoms with van der Waals surface area (Å²) in [6.45, 7) is 2.26. The lowest BCUT2D eigenvalue weighted by atomic mass is 10.1. The number of hydrogen-bond acceptors (Lipinski definition) is 0. The minimum Gasteiger partial charge on any atom is -0.309 e. The highest BCUT2D eigenvalue weighted by atomic mass is 14.5. The van der Waals surface area contributed by atoms with Crippen molar-refractivity contribution in [2.45, 2.75) is 64.7 Å². The molecule has 13 heavy (non-hydrogen) atoms. The number of nitrogens with one attached hydrogen (secondary N) is 1. The van der Waals surface area contributed by atoms with Gasteiger partial charge in [0.15, 0.2) is 0 Å². The molecule has 0 bridgehead atoms. The second kappa shape index (κ2) is 11.5. The van der Waals surface area contributed by atoms with Gasteiger partial charge in [0, 0.05) is 6.20 Å². The van der Waals surface area contributed by atoms with Gasteiger partial charge in [0.05, 0.1) is 0 Å². The monoisotopic (exact) mass is 182 g/mol. The zero-order valence-corrected chi connectivity index (χ0v) is 9.02. The predicted octanol–water partition coefficient (Wildman–Crippen LogP) is 4.31. The Morgan fingerprint density at radius 1 is 0.846 bits per heavy atom. The van der Waals surface area contributed by atoms with Crippen LogP contribution in [0.15, 0.2) is 12.3 Å². The molecule has 1 radical (unpaired) electrons. The van der Waals surface area contributed by atoms with Crippen LogP contribution in [-0.4, -0.2) is 0 Å². The van der Waals surface area contributed by atoms with Crippen LogP contribution < -0.4 is 5.73 Å². The van der Waals surface area contributed by atoms with E-state index in [-0.39, 0.29) is 0 Å². The van der Waals surface area contributed by atoms with E-state index in [4.69, 9.17) is 5.73 Å². The molecule has 0 aliphatic carbocycles. The van der Waals surface area contributed by atoms with E-state index < -0.39 is 0 Å². The molecule has 0 unspecified atom stereocenters. The number of unbranched alkanes of at least 4 members (excludes halogenated alkanes) is 8. The third kappa shape index (κ3) is 11.5. The molecule has 0 atom stereocenters. The molecule has 0 aliphatic heterocycles. The lowest BCUT2D eigenvalue weighted by molar-refractivity contribution is 0.577. The second-order valence-corrected chi connectivity index (χ2v) is 3.67. The number of allylic oxidation sites excluding steroid dienone is 1. The quantitative estimate of drug-likeness (QED) is 0.474. The van der Waals surface area contributed by atoms with Crippen LogP contribution in [0.4, 0.5) is 0 Å². The fourth-order valence-electron chi connectivity index (χ4n) is 1.48. The summed E-state index contributed by atoms with van der Waals surface area (Å²) in [6, 6.07) is 0. The van der Waals surface area contributed by atoms with Crippen LogP contribution in [0.25, 0.3) is 0 Å². The van der Waals surface area contributed by atoms with Gasteiger partial charge < -0.3 is 5.73 Å². The molecular weight excluding hydrogens is 158 g/mol. The second-order valence-electron chi connectivity index (χ2n) is 3.67. The van der Waals surface area contributed by atoms with E-state index in [0.717, 1.165) is 6.42 Å². The van der Waals surface area contributed by atoms with Crippen molar-refractivity contribution in [2.24, 2.45) is 0 Å². The highest BCUT2D eigenvalue weighted by Crippen LogP contribution is 2.09. The Kier molecular flexibility index (Phi) is 11.1. The van der Waals surface area contributed by atoms with E-state index in [1.165, 1.54) is 57.6 Å². The summed E-state index contributed by atoms with van der Waals surface area (Å²) < 4.78 is 0. The molecule has 0 saturated carbocycles. The molecule has 0 heterocycles. The molecule has 0 spiro atoms. The first-order valence-electron chi connectivity index (χ1n) is 5.74. The Hall–Kier alpha value is -0.460. The third-order valence-electron chi connectivity index (χ3n) is 2.34. The topological polar surface area (TPSA) is 23.8 Å². The molecular formula is C12H24N. The Balaban J connectivity index is 2.83. The standard InChI is InChI=1S/C12H24N/c1-2-3-4-5-6-7-8-9-10-11-12-13/h11-13H,2-10H2,1H3/b12-11+. The minimum atomic E-state index is 1.10. The van der Waals surface area contributed by atoms with Crippen LogP contribution in [0.1, 0.15) is 64.7 Å². The highest BCUT2D eigenvalue weighted by Gasteiger charge is 1.89. The summed E-state index contributed by atoms with van der Waals surface area (Å²) in [5, 5.41) is 0. The molecule has 0 aromatic rings. The lowest BCUT2D eigenvalue weighted by Gasteiger charge is -1.99. The third-order valence-corrected chi connectivity index (χ3v) is 2.34. The molecule has 0 aliphatic rings. The van der Waals surface area contributed by atoms with Gasteiger partial charge in [-0.1, -0.05) is 57.9 Å². The van der Waals surface area contributed by atoms with Crippen molar-refractivity contribution in [2.75, 3.05) is 0 Å². The Morgan fingerprint density at radius 2 is 1.38 bits per heavy atom. The van der Waals surface area contributed by atoms with Gasteiger partial charge >= 0.3 is 0 Å². The molecule has 0 rings (SSSR count). The van der Waals surface area contributed by atoms with Gasteiger partial charge in [0.2, 0.25) is 0 Å². The van der Waals surface area contributed by atoms with E-state index in [1.54, 1.807) is 0 Å². The molecule has 77 valence electrons. The van der Waals surface area contributed by atoms with Crippen LogP contribution in [-0.2, 0) is 0 Å². The van der Waals surface area contributed by atoms with E-state index in [0.29, 0.717) is 0 Å². The number of rotatable bonds is 9. The van der Waals surface area contributed by atoms with Crippen LogP contribution in [0.5, 0.6) is 0 Å². The fraction of sp³-hybridized carbons (Fsp3) is 0.833. The van der Waals surface area contributed by atoms with Crippen molar-refractivity contribution >= 4 is 0 Å². The van der Waals surface area contributed by atoms with E-state index >= 15 is 0 Å². The van der Waals surface area contributed by atoms with Crippen LogP contribution in [0, 0.1) is 0 Å². The Labute approximate surface area is 83.4 Å². The summed E-state index contributed by atoms with van der Waals surface area (Å²) in [4.78, 5) is 0. The van der Waals surface area contributed by atoms with Gasteiger partial charge in [-0.3, -0.25) is 0 Å². The summed E-state index contributed by atoms with van der Waals surface area (Å²) in [7, 11) is 0. The van der Waals surface area contributed by atoms with Gasteiger partial charge in [0.25, 0.3) is 0 Å². The summed E-state index contributed by atoms with van der Waals surface area (Å²) in [5.41, 5.74) is 6.81. The van der Waals surface area contributed by atoms with Crippen LogP contribution in [0.2, 0.25) is 0 Å².